The fraction of sp³-hybridized carbons (Fsp3) is 0.529. The van der Waals surface area contributed by atoms with Gasteiger partial charge in [0.25, 0.3) is 0 Å². The van der Waals surface area contributed by atoms with Gasteiger partial charge in [0.1, 0.15) is 0 Å². The molecule has 0 bridgehead atoms. The Morgan fingerprint density at radius 2 is 2.05 bits per heavy atom. The van der Waals surface area contributed by atoms with Gasteiger partial charge in [-0.05, 0) is 30.4 Å². The van der Waals surface area contributed by atoms with Crippen LogP contribution < -0.4 is 10.6 Å². The number of primary amides is 1. The molecule has 0 unspecified atom stereocenters. The lowest BCUT2D eigenvalue weighted by Crippen LogP contribution is -2.42. The molecule has 0 saturated carbocycles. The van der Waals surface area contributed by atoms with Crippen molar-refractivity contribution in [2.45, 2.75) is 19.8 Å². The first kappa shape index (κ1) is 15.0. The highest BCUT2D eigenvalue weighted by atomic mass is 16.2. The van der Waals surface area contributed by atoms with Gasteiger partial charge in [0.15, 0.2) is 0 Å². The van der Waals surface area contributed by atoms with Crippen LogP contribution in [0.1, 0.15) is 18.9 Å². The van der Waals surface area contributed by atoms with E-state index in [1.54, 1.807) is 0 Å². The molecule has 1 saturated heterocycles. The van der Waals surface area contributed by atoms with E-state index >= 15 is 0 Å². The monoisotopic (exact) mass is 301 g/mol. The molecule has 5 nitrogen and oxygen atoms in total. The lowest BCUT2D eigenvalue weighted by Gasteiger charge is -2.31. The van der Waals surface area contributed by atoms with E-state index in [4.69, 9.17) is 5.73 Å². The SMILES string of the molecule is C[C@@H]1CN(CC(=O)N2CCCc3ccccc32)C[C@H]1C(N)=O. The lowest BCUT2D eigenvalue weighted by atomic mass is 9.98. The number of para-hydroxylation sites is 1. The van der Waals surface area contributed by atoms with Crippen molar-refractivity contribution in [1.82, 2.24) is 4.90 Å². The second kappa shape index (κ2) is 6.08. The number of nitrogens with two attached hydrogens (primary N) is 1. The summed E-state index contributed by atoms with van der Waals surface area (Å²) in [5.41, 5.74) is 7.71. The fourth-order valence-electron chi connectivity index (χ4n) is 3.64. The third-order valence-electron chi connectivity index (χ3n) is 4.82. The maximum atomic E-state index is 12.7. The molecule has 0 spiro atoms. The van der Waals surface area contributed by atoms with Gasteiger partial charge in [-0.25, -0.2) is 0 Å². The van der Waals surface area contributed by atoms with Crippen LogP contribution in [-0.2, 0) is 16.0 Å². The van der Waals surface area contributed by atoms with Crippen LogP contribution in [0.2, 0.25) is 0 Å². The average Bonchev–Trinajstić information content (AvgIpc) is 2.87. The number of hydrogen-bond donors (Lipinski definition) is 1. The molecule has 1 aromatic carbocycles. The van der Waals surface area contributed by atoms with Crippen LogP contribution in [0.15, 0.2) is 24.3 Å². The van der Waals surface area contributed by atoms with E-state index in [1.165, 1.54) is 5.56 Å². The van der Waals surface area contributed by atoms with Gasteiger partial charge in [0.2, 0.25) is 11.8 Å². The third kappa shape index (κ3) is 2.86. The molecule has 1 aromatic rings. The van der Waals surface area contributed by atoms with Crippen molar-refractivity contribution in [2.75, 3.05) is 31.1 Å². The molecule has 2 N–H and O–H groups in total. The maximum absolute atomic E-state index is 12.7. The molecule has 0 radical (unpaired) electrons. The zero-order chi connectivity index (χ0) is 15.7. The molecule has 3 rings (SSSR count). The van der Waals surface area contributed by atoms with E-state index in [0.29, 0.717) is 13.1 Å². The molecular formula is C17H23N3O2. The normalized spacial score (nSPS) is 25.0. The van der Waals surface area contributed by atoms with E-state index in [9.17, 15) is 9.59 Å². The lowest BCUT2D eigenvalue weighted by molar-refractivity contribution is -0.123. The average molecular weight is 301 g/mol. The van der Waals surface area contributed by atoms with Crippen LogP contribution in [0.3, 0.4) is 0 Å². The van der Waals surface area contributed by atoms with Crippen LogP contribution in [0.25, 0.3) is 0 Å². The summed E-state index contributed by atoms with van der Waals surface area (Å²) in [6, 6.07) is 8.11. The van der Waals surface area contributed by atoms with Crippen molar-refractivity contribution >= 4 is 17.5 Å². The first-order valence-electron chi connectivity index (χ1n) is 7.96. The Morgan fingerprint density at radius 1 is 1.27 bits per heavy atom. The van der Waals surface area contributed by atoms with Gasteiger partial charge >= 0.3 is 0 Å². The van der Waals surface area contributed by atoms with Crippen LogP contribution >= 0.6 is 0 Å². The van der Waals surface area contributed by atoms with Crippen molar-refractivity contribution in [3.63, 3.8) is 0 Å². The van der Waals surface area contributed by atoms with Crippen LogP contribution in [0.4, 0.5) is 5.69 Å². The van der Waals surface area contributed by atoms with Gasteiger partial charge in [-0.15, -0.1) is 0 Å². The summed E-state index contributed by atoms with van der Waals surface area (Å²) in [5, 5.41) is 0. The summed E-state index contributed by atoms with van der Waals surface area (Å²) in [5.74, 6) is -0.0596. The molecule has 1 fully saturated rings. The molecule has 5 heteroatoms. The van der Waals surface area contributed by atoms with Gasteiger partial charge in [-0.3, -0.25) is 14.5 Å². The number of rotatable bonds is 3. The smallest absolute Gasteiger partial charge is 0.241 e. The summed E-state index contributed by atoms with van der Waals surface area (Å²) in [4.78, 5) is 28.0. The zero-order valence-corrected chi connectivity index (χ0v) is 13.0. The summed E-state index contributed by atoms with van der Waals surface area (Å²) in [6.45, 7) is 4.52. The van der Waals surface area contributed by atoms with E-state index < -0.39 is 0 Å². The Hall–Kier alpha value is -1.88. The van der Waals surface area contributed by atoms with E-state index in [-0.39, 0.29) is 23.7 Å². The number of carbonyl (C=O) groups excluding carboxylic acids is 2. The number of hydrogen-bond acceptors (Lipinski definition) is 3. The highest BCUT2D eigenvalue weighted by molar-refractivity contribution is 5.96. The number of amides is 2. The van der Waals surface area contributed by atoms with Crippen LogP contribution in [0.5, 0.6) is 0 Å². The molecule has 0 aromatic heterocycles. The Labute approximate surface area is 131 Å². The predicted molar refractivity (Wildman–Crippen MR) is 85.4 cm³/mol. The number of likely N-dealkylation sites (tertiary alicyclic amines) is 1. The molecule has 2 amide bonds. The van der Waals surface area contributed by atoms with Crippen molar-refractivity contribution in [1.29, 1.82) is 0 Å². The first-order chi connectivity index (χ1) is 10.6. The third-order valence-corrected chi connectivity index (χ3v) is 4.82. The Morgan fingerprint density at radius 3 is 2.77 bits per heavy atom. The molecule has 2 heterocycles. The van der Waals surface area contributed by atoms with Gasteiger partial charge in [0.05, 0.1) is 12.5 Å². The summed E-state index contributed by atoms with van der Waals surface area (Å²) < 4.78 is 0. The Bertz CT molecular complexity index is 587. The topological polar surface area (TPSA) is 66.6 Å². The highest BCUT2D eigenvalue weighted by Crippen LogP contribution is 2.28. The largest absolute Gasteiger partial charge is 0.369 e. The number of nitrogens with zero attached hydrogens (tertiary/aromatic N) is 2. The van der Waals surface area contributed by atoms with E-state index in [2.05, 4.69) is 11.0 Å². The molecular weight excluding hydrogens is 278 g/mol. The Kier molecular flexibility index (Phi) is 4.16. The summed E-state index contributed by atoms with van der Waals surface area (Å²) in [6.07, 6.45) is 2.04. The number of benzene rings is 1. The minimum atomic E-state index is -0.259. The van der Waals surface area contributed by atoms with Crippen LogP contribution in [-0.4, -0.2) is 42.9 Å². The number of aryl methyl sites for hydroxylation is 1. The van der Waals surface area contributed by atoms with Crippen molar-refractivity contribution < 1.29 is 9.59 Å². The van der Waals surface area contributed by atoms with E-state index in [0.717, 1.165) is 31.6 Å². The van der Waals surface area contributed by atoms with Crippen molar-refractivity contribution in [2.24, 2.45) is 17.6 Å². The highest BCUT2D eigenvalue weighted by Gasteiger charge is 2.35. The Balaban J connectivity index is 1.68. The first-order valence-corrected chi connectivity index (χ1v) is 7.96. The minimum Gasteiger partial charge on any atom is -0.369 e. The van der Waals surface area contributed by atoms with Gasteiger partial charge in [-0.2, -0.15) is 0 Å². The number of carbonyl (C=O) groups is 2. The second-order valence-corrected chi connectivity index (χ2v) is 6.46. The molecule has 22 heavy (non-hydrogen) atoms. The minimum absolute atomic E-state index is 0.115. The quantitative estimate of drug-likeness (QED) is 0.906. The van der Waals surface area contributed by atoms with Crippen molar-refractivity contribution in [3.05, 3.63) is 29.8 Å². The molecule has 2 atom stereocenters. The summed E-state index contributed by atoms with van der Waals surface area (Å²) >= 11 is 0. The molecule has 2 aliphatic rings. The second-order valence-electron chi connectivity index (χ2n) is 6.46. The van der Waals surface area contributed by atoms with E-state index in [1.807, 2.05) is 30.0 Å². The van der Waals surface area contributed by atoms with Gasteiger partial charge in [-0.1, -0.05) is 25.1 Å². The zero-order valence-electron chi connectivity index (χ0n) is 13.0. The molecule has 2 aliphatic heterocycles. The number of fused-ring (bicyclic) bond motifs is 1. The standard InChI is InChI=1S/C17H23N3O2/c1-12-9-19(10-14(12)17(18)22)11-16(21)20-8-4-6-13-5-2-3-7-15(13)20/h2-3,5,7,12,14H,4,6,8-11H2,1H3,(H2,18,22)/t12-,14-/m1/s1. The van der Waals surface area contributed by atoms with Crippen LogP contribution in [0, 0.1) is 11.8 Å². The maximum Gasteiger partial charge on any atom is 0.241 e. The summed E-state index contributed by atoms with van der Waals surface area (Å²) in [7, 11) is 0. The fourth-order valence-corrected chi connectivity index (χ4v) is 3.64. The molecule has 0 aliphatic carbocycles. The van der Waals surface area contributed by atoms with Gasteiger partial charge < -0.3 is 10.6 Å². The van der Waals surface area contributed by atoms with Crippen molar-refractivity contribution in [3.8, 4) is 0 Å². The number of anilines is 1. The van der Waals surface area contributed by atoms with Gasteiger partial charge in [0, 0.05) is 25.3 Å². The predicted octanol–water partition coefficient (Wildman–Crippen LogP) is 1.02. The molecule has 118 valence electrons.